The molecule has 1 aliphatic heterocycles. The van der Waals surface area contributed by atoms with Crippen LogP contribution in [0.25, 0.3) is 11.2 Å². The second-order valence-corrected chi connectivity index (χ2v) is 4.85. The van der Waals surface area contributed by atoms with Crippen LogP contribution in [0, 0.1) is 5.92 Å². The van der Waals surface area contributed by atoms with Gasteiger partial charge in [0.15, 0.2) is 17.0 Å². The lowest BCUT2D eigenvalue weighted by Crippen LogP contribution is -2.27. The summed E-state index contributed by atoms with van der Waals surface area (Å²) < 4.78 is 0. The van der Waals surface area contributed by atoms with Gasteiger partial charge in [-0.1, -0.05) is 0 Å². The highest BCUT2D eigenvalue weighted by atomic mass is 16.3. The topological polar surface area (TPSA) is 138 Å². The number of nitrogen functional groups attached to an aromatic ring is 1. The minimum atomic E-state index is -0.278. The number of nitrogens with zero attached hydrogens (tertiary/aromatic N) is 5. The molecule has 0 saturated carbocycles. The van der Waals surface area contributed by atoms with Crippen LogP contribution in [-0.4, -0.2) is 49.2 Å². The summed E-state index contributed by atoms with van der Waals surface area (Å²) in [5, 5.41) is 18.4. The van der Waals surface area contributed by atoms with Crippen molar-refractivity contribution in [3.8, 4) is 0 Å². The van der Waals surface area contributed by atoms with E-state index in [2.05, 4.69) is 19.9 Å². The molecule has 1 amide bonds. The van der Waals surface area contributed by atoms with Gasteiger partial charge in [-0.25, -0.2) is 9.97 Å². The maximum Gasteiger partial charge on any atom is 0.228 e. The van der Waals surface area contributed by atoms with Crippen molar-refractivity contribution >= 4 is 28.8 Å². The molecule has 1 atom stereocenters. The molecule has 2 aromatic heterocycles. The first-order chi connectivity index (χ1) is 10.1. The Morgan fingerprint density at radius 1 is 1.33 bits per heavy atom. The molecule has 21 heavy (non-hydrogen) atoms. The Hall–Kier alpha value is -2.39. The molecule has 1 saturated heterocycles. The van der Waals surface area contributed by atoms with Gasteiger partial charge in [0.25, 0.3) is 0 Å². The standard InChI is InChI=1S/C12H14N6O3/c13-12-16-10-9(15-7(5-20)2-14-10)11(17-12)18-3-6(4-19)1-8(18)21/h2,6,19-20H,1,3-5H2,(H2,13,14,16,17). The smallest absolute Gasteiger partial charge is 0.228 e. The fourth-order valence-electron chi connectivity index (χ4n) is 2.32. The number of amides is 1. The summed E-state index contributed by atoms with van der Waals surface area (Å²) in [5.74, 6) is -0.0487. The third kappa shape index (κ3) is 2.36. The molecule has 1 aliphatic rings. The predicted molar refractivity (Wildman–Crippen MR) is 73.0 cm³/mol. The van der Waals surface area contributed by atoms with E-state index in [1.807, 2.05) is 0 Å². The molecular weight excluding hydrogens is 276 g/mol. The molecule has 1 fully saturated rings. The largest absolute Gasteiger partial charge is 0.396 e. The van der Waals surface area contributed by atoms with Crippen molar-refractivity contribution in [2.24, 2.45) is 5.92 Å². The van der Waals surface area contributed by atoms with Gasteiger partial charge in [-0.15, -0.1) is 0 Å². The lowest BCUT2D eigenvalue weighted by Gasteiger charge is -2.17. The first kappa shape index (κ1) is 13.6. The number of hydrogen-bond acceptors (Lipinski definition) is 8. The quantitative estimate of drug-likeness (QED) is 0.643. The van der Waals surface area contributed by atoms with Crippen LogP contribution >= 0.6 is 0 Å². The normalized spacial score (nSPS) is 18.7. The number of aliphatic hydroxyl groups is 2. The summed E-state index contributed by atoms with van der Waals surface area (Å²) in [5.41, 5.74) is 6.57. The highest BCUT2D eigenvalue weighted by Gasteiger charge is 2.32. The number of carbonyl (C=O) groups is 1. The van der Waals surface area contributed by atoms with Crippen LogP contribution < -0.4 is 10.6 Å². The Morgan fingerprint density at radius 2 is 2.14 bits per heavy atom. The molecule has 9 nitrogen and oxygen atoms in total. The van der Waals surface area contributed by atoms with Gasteiger partial charge in [-0.05, 0) is 0 Å². The maximum absolute atomic E-state index is 12.1. The van der Waals surface area contributed by atoms with Crippen molar-refractivity contribution in [3.63, 3.8) is 0 Å². The third-order valence-corrected chi connectivity index (χ3v) is 3.34. The zero-order valence-corrected chi connectivity index (χ0v) is 11.1. The van der Waals surface area contributed by atoms with Crippen LogP contribution in [0.15, 0.2) is 6.20 Å². The summed E-state index contributed by atoms with van der Waals surface area (Å²) in [6.07, 6.45) is 1.63. The number of carbonyl (C=O) groups excluding carboxylic acids is 1. The van der Waals surface area contributed by atoms with Gasteiger partial charge in [0, 0.05) is 25.5 Å². The van der Waals surface area contributed by atoms with E-state index >= 15 is 0 Å². The highest BCUT2D eigenvalue weighted by Crippen LogP contribution is 2.28. The number of anilines is 2. The lowest BCUT2D eigenvalue weighted by atomic mass is 10.1. The van der Waals surface area contributed by atoms with E-state index in [-0.39, 0.29) is 48.9 Å². The zero-order valence-electron chi connectivity index (χ0n) is 11.1. The van der Waals surface area contributed by atoms with Crippen molar-refractivity contribution in [1.82, 2.24) is 19.9 Å². The molecule has 110 valence electrons. The fourth-order valence-corrected chi connectivity index (χ4v) is 2.32. The molecule has 0 aromatic carbocycles. The second kappa shape index (κ2) is 5.19. The number of hydrogen-bond donors (Lipinski definition) is 3. The minimum Gasteiger partial charge on any atom is -0.396 e. The van der Waals surface area contributed by atoms with E-state index in [1.165, 1.54) is 11.1 Å². The third-order valence-electron chi connectivity index (χ3n) is 3.34. The van der Waals surface area contributed by atoms with E-state index in [0.29, 0.717) is 17.8 Å². The Balaban J connectivity index is 2.14. The van der Waals surface area contributed by atoms with Gasteiger partial charge in [-0.2, -0.15) is 9.97 Å². The van der Waals surface area contributed by atoms with Crippen molar-refractivity contribution in [2.75, 3.05) is 23.8 Å². The van der Waals surface area contributed by atoms with E-state index in [0.717, 1.165) is 0 Å². The van der Waals surface area contributed by atoms with Gasteiger partial charge >= 0.3 is 0 Å². The average molecular weight is 290 g/mol. The molecule has 3 heterocycles. The second-order valence-electron chi connectivity index (χ2n) is 4.85. The van der Waals surface area contributed by atoms with E-state index in [4.69, 9.17) is 10.8 Å². The summed E-state index contributed by atoms with van der Waals surface area (Å²) in [6.45, 7) is -0.0137. The van der Waals surface area contributed by atoms with Crippen molar-refractivity contribution in [2.45, 2.75) is 13.0 Å². The Morgan fingerprint density at radius 3 is 2.81 bits per heavy atom. The number of fused-ring (bicyclic) bond motifs is 1. The monoisotopic (exact) mass is 290 g/mol. The first-order valence-electron chi connectivity index (χ1n) is 6.43. The molecule has 4 N–H and O–H groups in total. The molecule has 3 rings (SSSR count). The molecule has 0 aliphatic carbocycles. The molecule has 2 aromatic rings. The summed E-state index contributed by atoms with van der Waals surface area (Å²) in [6, 6.07) is 0. The van der Waals surface area contributed by atoms with Gasteiger partial charge in [-0.3, -0.25) is 9.69 Å². The number of aliphatic hydroxyl groups excluding tert-OH is 2. The average Bonchev–Trinajstić information content (AvgIpc) is 2.87. The minimum absolute atomic E-state index is 0.0104. The van der Waals surface area contributed by atoms with Crippen LogP contribution in [0.2, 0.25) is 0 Å². The lowest BCUT2D eigenvalue weighted by molar-refractivity contribution is -0.117. The highest BCUT2D eigenvalue weighted by molar-refractivity contribution is 6.00. The number of rotatable bonds is 3. The summed E-state index contributed by atoms with van der Waals surface area (Å²) >= 11 is 0. The molecule has 0 radical (unpaired) electrons. The van der Waals surface area contributed by atoms with Gasteiger partial charge in [0.2, 0.25) is 11.9 Å². The SMILES string of the molecule is Nc1nc(N2CC(CO)CC2=O)c2nc(CO)cnc2n1. The van der Waals surface area contributed by atoms with Crippen LogP contribution in [0.5, 0.6) is 0 Å². The van der Waals surface area contributed by atoms with E-state index in [1.54, 1.807) is 0 Å². The molecule has 0 bridgehead atoms. The van der Waals surface area contributed by atoms with Crippen LogP contribution in [0.4, 0.5) is 11.8 Å². The zero-order chi connectivity index (χ0) is 15.0. The maximum atomic E-state index is 12.1. The Labute approximate surface area is 119 Å². The molecule has 0 spiro atoms. The van der Waals surface area contributed by atoms with Crippen LogP contribution in [0.3, 0.4) is 0 Å². The Kier molecular flexibility index (Phi) is 3.35. The molecular formula is C12H14N6O3. The molecule has 1 unspecified atom stereocenters. The van der Waals surface area contributed by atoms with Crippen LogP contribution in [0.1, 0.15) is 12.1 Å². The number of nitrogens with two attached hydrogens (primary N) is 1. The predicted octanol–water partition coefficient (Wildman–Crippen LogP) is -1.16. The van der Waals surface area contributed by atoms with Crippen molar-refractivity contribution in [1.29, 1.82) is 0 Å². The first-order valence-corrected chi connectivity index (χ1v) is 6.43. The Bertz CT molecular complexity index is 707. The van der Waals surface area contributed by atoms with Crippen molar-refractivity contribution in [3.05, 3.63) is 11.9 Å². The fraction of sp³-hybridized carbons (Fsp3) is 0.417. The number of aromatic nitrogens is 4. The van der Waals surface area contributed by atoms with Gasteiger partial charge in [0.1, 0.15) is 0 Å². The van der Waals surface area contributed by atoms with Crippen LogP contribution in [-0.2, 0) is 11.4 Å². The summed E-state index contributed by atoms with van der Waals surface area (Å²) in [7, 11) is 0. The summed E-state index contributed by atoms with van der Waals surface area (Å²) in [4.78, 5) is 29.8. The molecule has 9 heteroatoms. The van der Waals surface area contributed by atoms with Crippen molar-refractivity contribution < 1.29 is 15.0 Å². The van der Waals surface area contributed by atoms with Gasteiger partial charge < -0.3 is 15.9 Å². The van der Waals surface area contributed by atoms with E-state index in [9.17, 15) is 9.90 Å². The van der Waals surface area contributed by atoms with E-state index < -0.39 is 0 Å². The van der Waals surface area contributed by atoms with Gasteiger partial charge in [0.05, 0.1) is 18.5 Å².